The van der Waals surface area contributed by atoms with Gasteiger partial charge >= 0.3 is 0 Å². The number of halogens is 1. The van der Waals surface area contributed by atoms with E-state index in [9.17, 15) is 9.18 Å². The number of hydrogen-bond donors (Lipinski definition) is 3. The Morgan fingerprint density at radius 1 is 1.34 bits per heavy atom. The summed E-state index contributed by atoms with van der Waals surface area (Å²) in [5.74, 6) is -0.155. The molecule has 29 heavy (non-hydrogen) atoms. The van der Waals surface area contributed by atoms with Crippen LogP contribution in [0.5, 0.6) is 0 Å². The summed E-state index contributed by atoms with van der Waals surface area (Å²) >= 11 is 0. The number of carbonyl (C=O) groups excluding carboxylic acids is 1. The van der Waals surface area contributed by atoms with E-state index in [-0.39, 0.29) is 12.3 Å². The van der Waals surface area contributed by atoms with Crippen molar-refractivity contribution in [1.82, 2.24) is 9.97 Å². The lowest BCUT2D eigenvalue weighted by Crippen LogP contribution is -2.15. The number of fused-ring (bicyclic) bond motifs is 2. The maximum absolute atomic E-state index is 13.1. The van der Waals surface area contributed by atoms with Crippen molar-refractivity contribution < 1.29 is 9.18 Å². The molecule has 4 N–H and O–H groups in total. The smallest absolute Gasteiger partial charge is 0.231 e. The number of amides is 1. The molecule has 1 fully saturated rings. The third kappa shape index (κ3) is 3.08. The van der Waals surface area contributed by atoms with E-state index < -0.39 is 12.1 Å². The molecule has 2 aromatic heterocycles. The highest BCUT2D eigenvalue weighted by atomic mass is 19.1. The topological polar surface area (TPSA) is 92.9 Å². The molecule has 0 bridgehead atoms. The number of benzene rings is 1. The van der Waals surface area contributed by atoms with Gasteiger partial charge in [0.2, 0.25) is 5.91 Å². The van der Waals surface area contributed by atoms with Crippen LogP contribution in [0.1, 0.15) is 17.5 Å². The molecule has 1 aliphatic carbocycles. The lowest BCUT2D eigenvalue weighted by Gasteiger charge is -2.12. The maximum Gasteiger partial charge on any atom is 0.231 e. The zero-order chi connectivity index (χ0) is 20.3. The van der Waals surface area contributed by atoms with E-state index in [1.165, 1.54) is 5.56 Å². The molecule has 0 spiro atoms. The van der Waals surface area contributed by atoms with Crippen molar-refractivity contribution in [3.8, 4) is 11.3 Å². The molecule has 5 rings (SSSR count). The predicted molar refractivity (Wildman–Crippen MR) is 112 cm³/mol. The van der Waals surface area contributed by atoms with Crippen LogP contribution < -0.4 is 16.4 Å². The molecule has 7 heteroatoms. The largest absolute Gasteiger partial charge is 0.383 e. The molecule has 146 valence electrons. The number of anilines is 3. The van der Waals surface area contributed by atoms with Crippen molar-refractivity contribution in [2.75, 3.05) is 16.4 Å². The number of rotatable bonds is 3. The monoisotopic (exact) mass is 389 g/mol. The number of aromatic nitrogens is 2. The average molecular weight is 389 g/mol. The molecule has 0 unspecified atom stereocenters. The number of nitrogen functional groups attached to an aromatic ring is 1. The number of pyridine rings is 2. The Labute approximate surface area is 167 Å². The number of nitrogens with one attached hydrogen (secondary N) is 2. The molecule has 3 aromatic rings. The minimum atomic E-state index is -1.05. The summed E-state index contributed by atoms with van der Waals surface area (Å²) in [5.41, 5.74) is 12.2. The van der Waals surface area contributed by atoms with Gasteiger partial charge in [-0.15, -0.1) is 0 Å². The second kappa shape index (κ2) is 6.27. The summed E-state index contributed by atoms with van der Waals surface area (Å²) in [6.07, 6.45) is 1.59. The molecule has 2 atom stereocenters. The summed E-state index contributed by atoms with van der Waals surface area (Å²) in [6.45, 7) is 6.03. The highest BCUT2D eigenvalue weighted by Gasteiger charge is 2.43. The first-order chi connectivity index (χ1) is 13.9. The lowest BCUT2D eigenvalue weighted by atomic mass is 9.99. The molecule has 1 aliphatic heterocycles. The minimum Gasteiger partial charge on any atom is -0.383 e. The summed E-state index contributed by atoms with van der Waals surface area (Å²) in [5, 5.41) is 7.49. The van der Waals surface area contributed by atoms with Gasteiger partial charge in [0.15, 0.2) is 0 Å². The van der Waals surface area contributed by atoms with Crippen LogP contribution in [0.25, 0.3) is 22.0 Å². The fraction of sp³-hybridized carbons (Fsp3) is 0.227. The Morgan fingerprint density at radius 2 is 2.14 bits per heavy atom. The van der Waals surface area contributed by atoms with Crippen LogP contribution in [0.4, 0.5) is 21.7 Å². The zero-order valence-corrected chi connectivity index (χ0v) is 15.9. The minimum absolute atomic E-state index is 0.277. The third-order valence-electron chi connectivity index (χ3n) is 5.49. The molecule has 2 aliphatic rings. The Kier molecular flexibility index (Phi) is 3.81. The van der Waals surface area contributed by atoms with Gasteiger partial charge in [0.25, 0.3) is 0 Å². The number of carbonyl (C=O) groups is 1. The van der Waals surface area contributed by atoms with Gasteiger partial charge in [-0.05, 0) is 54.1 Å². The number of alkyl halides is 1. The van der Waals surface area contributed by atoms with E-state index in [2.05, 4.69) is 39.3 Å². The first-order valence-corrected chi connectivity index (χ1v) is 9.49. The SMILES string of the molecule is C=C1Cc2cc(-c3cc4cc(NC(=O)[C@@H]5C[C@@H]5F)ncc4c(N)n3)c(C)cc2N1. The Morgan fingerprint density at radius 3 is 2.90 bits per heavy atom. The molecular formula is C22H20FN5O. The average Bonchev–Trinajstić information content (AvgIpc) is 3.29. The highest BCUT2D eigenvalue weighted by Crippen LogP contribution is 2.36. The van der Waals surface area contributed by atoms with E-state index in [1.807, 2.05) is 13.0 Å². The maximum atomic E-state index is 13.1. The molecule has 6 nitrogen and oxygen atoms in total. The van der Waals surface area contributed by atoms with E-state index in [4.69, 9.17) is 5.73 Å². The second-order valence-corrected chi connectivity index (χ2v) is 7.76. The van der Waals surface area contributed by atoms with Crippen LogP contribution in [0.15, 0.2) is 42.7 Å². The molecule has 1 amide bonds. The first kappa shape index (κ1) is 17.6. The normalized spacial score (nSPS) is 19.7. The van der Waals surface area contributed by atoms with Gasteiger partial charge in [0, 0.05) is 35.0 Å². The van der Waals surface area contributed by atoms with E-state index in [0.29, 0.717) is 17.0 Å². The number of aryl methyl sites for hydroxylation is 1. The van der Waals surface area contributed by atoms with Gasteiger partial charge in [-0.3, -0.25) is 4.79 Å². The molecule has 0 radical (unpaired) electrons. The Balaban J connectivity index is 1.54. The van der Waals surface area contributed by atoms with Gasteiger partial charge in [-0.2, -0.15) is 0 Å². The standard InChI is InChI=1S/C22H20FN5O/c1-10-3-18-13(4-11(2)26-18)5-14(10)19-6-12-7-20(25-9-16(12)21(24)27-19)28-22(29)15-8-17(15)23/h3,5-7,9,15,17,26H,2,4,8H2,1H3,(H2,24,27)(H,25,28,29)/t15-,17+/m1/s1. The number of hydrogen-bond acceptors (Lipinski definition) is 5. The fourth-order valence-electron chi connectivity index (χ4n) is 3.79. The van der Waals surface area contributed by atoms with Crippen LogP contribution in [0, 0.1) is 12.8 Å². The molecule has 0 saturated heterocycles. The number of nitrogens with zero attached hydrogens (tertiary/aromatic N) is 2. The van der Waals surface area contributed by atoms with Gasteiger partial charge in [0.1, 0.15) is 17.8 Å². The summed E-state index contributed by atoms with van der Waals surface area (Å²) in [4.78, 5) is 20.8. The highest BCUT2D eigenvalue weighted by molar-refractivity contribution is 5.98. The van der Waals surface area contributed by atoms with Gasteiger partial charge in [-0.25, -0.2) is 14.4 Å². The van der Waals surface area contributed by atoms with Crippen LogP contribution in [-0.4, -0.2) is 22.0 Å². The molecule has 3 heterocycles. The van der Waals surface area contributed by atoms with Crippen LogP contribution in [0.3, 0.4) is 0 Å². The number of nitrogens with two attached hydrogens (primary N) is 1. The second-order valence-electron chi connectivity index (χ2n) is 7.76. The number of allylic oxidation sites excluding steroid dienone is 1. The van der Waals surface area contributed by atoms with Gasteiger partial charge in [0.05, 0.1) is 11.6 Å². The third-order valence-corrected chi connectivity index (χ3v) is 5.49. The van der Waals surface area contributed by atoms with Crippen molar-refractivity contribution in [2.45, 2.75) is 25.9 Å². The molecule has 1 saturated carbocycles. The van der Waals surface area contributed by atoms with Crippen molar-refractivity contribution >= 4 is 34.0 Å². The van der Waals surface area contributed by atoms with Crippen molar-refractivity contribution in [3.63, 3.8) is 0 Å². The van der Waals surface area contributed by atoms with Crippen molar-refractivity contribution in [3.05, 3.63) is 53.9 Å². The van der Waals surface area contributed by atoms with Crippen molar-refractivity contribution in [1.29, 1.82) is 0 Å². The fourth-order valence-corrected chi connectivity index (χ4v) is 3.79. The van der Waals surface area contributed by atoms with Crippen LogP contribution in [-0.2, 0) is 11.2 Å². The van der Waals surface area contributed by atoms with Gasteiger partial charge < -0.3 is 16.4 Å². The van der Waals surface area contributed by atoms with E-state index in [1.54, 1.807) is 12.3 Å². The van der Waals surface area contributed by atoms with Crippen molar-refractivity contribution in [2.24, 2.45) is 5.92 Å². The summed E-state index contributed by atoms with van der Waals surface area (Å²) in [7, 11) is 0. The Hall–Kier alpha value is -3.48. The lowest BCUT2D eigenvalue weighted by molar-refractivity contribution is -0.117. The summed E-state index contributed by atoms with van der Waals surface area (Å²) < 4.78 is 13.1. The Bertz CT molecular complexity index is 1210. The molecule has 1 aromatic carbocycles. The summed E-state index contributed by atoms with van der Waals surface area (Å²) in [6, 6.07) is 7.88. The van der Waals surface area contributed by atoms with E-state index >= 15 is 0 Å². The predicted octanol–water partition coefficient (Wildman–Crippen LogP) is 3.97. The zero-order valence-electron chi connectivity index (χ0n) is 15.9. The van der Waals surface area contributed by atoms with Crippen LogP contribution >= 0.6 is 0 Å². The quantitative estimate of drug-likeness (QED) is 0.630. The van der Waals surface area contributed by atoms with Gasteiger partial charge in [-0.1, -0.05) is 6.58 Å². The van der Waals surface area contributed by atoms with E-state index in [0.717, 1.165) is 40.0 Å². The first-order valence-electron chi connectivity index (χ1n) is 9.49. The van der Waals surface area contributed by atoms with Crippen LogP contribution in [0.2, 0.25) is 0 Å². The molecular weight excluding hydrogens is 369 g/mol.